The van der Waals surface area contributed by atoms with Gasteiger partial charge in [0.25, 0.3) is 0 Å². The number of pyridine rings is 1. The summed E-state index contributed by atoms with van der Waals surface area (Å²) in [6.45, 7) is 0. The minimum Gasteiger partial charge on any atom is -0.478 e. The van der Waals surface area contributed by atoms with Crippen molar-refractivity contribution >= 4 is 17.6 Å². The molecule has 1 amide bonds. The number of anilines is 1. The van der Waals surface area contributed by atoms with Gasteiger partial charge >= 0.3 is 5.97 Å². The highest BCUT2D eigenvalue weighted by molar-refractivity contribution is 6.00. The predicted octanol–water partition coefficient (Wildman–Crippen LogP) is 2.69. The number of aromatic nitrogens is 1. The van der Waals surface area contributed by atoms with E-state index >= 15 is 0 Å². The molecule has 5 heteroatoms. The van der Waals surface area contributed by atoms with Crippen LogP contribution in [-0.2, 0) is 4.79 Å². The van der Waals surface area contributed by atoms with Gasteiger partial charge in [0.15, 0.2) is 0 Å². The van der Waals surface area contributed by atoms with E-state index in [-0.39, 0.29) is 23.1 Å². The Labute approximate surface area is 112 Å². The smallest absolute Gasteiger partial charge is 0.337 e. The summed E-state index contributed by atoms with van der Waals surface area (Å²) in [5.41, 5.74) is 0.362. The van der Waals surface area contributed by atoms with Crippen molar-refractivity contribution in [2.45, 2.75) is 38.5 Å². The Kier molecular flexibility index (Phi) is 4.49. The SMILES string of the molecule is O=C(O)c1ccncc1NC(=O)C1CCCCCC1. The van der Waals surface area contributed by atoms with Crippen LogP contribution < -0.4 is 5.32 Å². The Morgan fingerprint density at radius 1 is 1.21 bits per heavy atom. The number of carboxylic acids is 1. The molecule has 0 radical (unpaired) electrons. The third-order valence-corrected chi connectivity index (χ3v) is 3.54. The third kappa shape index (κ3) is 3.53. The lowest BCUT2D eigenvalue weighted by molar-refractivity contribution is -0.120. The first-order chi connectivity index (χ1) is 9.18. The summed E-state index contributed by atoms with van der Waals surface area (Å²) in [7, 11) is 0. The molecule has 1 saturated carbocycles. The Bertz CT molecular complexity index is 466. The van der Waals surface area contributed by atoms with Crippen LogP contribution in [0.2, 0.25) is 0 Å². The summed E-state index contributed by atoms with van der Waals surface area (Å²) in [6.07, 6.45) is 9.05. The number of hydrogen-bond donors (Lipinski definition) is 2. The Balaban J connectivity index is 2.07. The molecule has 102 valence electrons. The molecule has 0 spiro atoms. The highest BCUT2D eigenvalue weighted by Gasteiger charge is 2.21. The number of carboxylic acid groups (broad SMARTS) is 1. The van der Waals surface area contributed by atoms with Crippen LogP contribution in [0.3, 0.4) is 0 Å². The molecule has 1 aliphatic rings. The molecule has 1 heterocycles. The van der Waals surface area contributed by atoms with Gasteiger partial charge in [-0.05, 0) is 18.9 Å². The summed E-state index contributed by atoms with van der Waals surface area (Å²) >= 11 is 0. The first kappa shape index (κ1) is 13.5. The van der Waals surface area contributed by atoms with Crippen LogP contribution in [0.1, 0.15) is 48.9 Å². The lowest BCUT2D eigenvalue weighted by Gasteiger charge is -2.14. The highest BCUT2D eigenvalue weighted by Crippen LogP contribution is 2.24. The van der Waals surface area contributed by atoms with Gasteiger partial charge in [-0.25, -0.2) is 4.79 Å². The van der Waals surface area contributed by atoms with E-state index in [0.717, 1.165) is 25.7 Å². The summed E-state index contributed by atoms with van der Waals surface area (Å²) in [6, 6.07) is 1.39. The Morgan fingerprint density at radius 3 is 2.53 bits per heavy atom. The molecule has 0 bridgehead atoms. The molecule has 19 heavy (non-hydrogen) atoms. The number of nitrogens with one attached hydrogen (secondary N) is 1. The van der Waals surface area contributed by atoms with E-state index < -0.39 is 5.97 Å². The van der Waals surface area contributed by atoms with Gasteiger partial charge in [-0.1, -0.05) is 25.7 Å². The van der Waals surface area contributed by atoms with Gasteiger partial charge in [0.05, 0.1) is 17.4 Å². The number of hydrogen-bond acceptors (Lipinski definition) is 3. The number of amides is 1. The number of aromatic carboxylic acids is 1. The molecule has 1 aromatic rings. The Hall–Kier alpha value is -1.91. The van der Waals surface area contributed by atoms with E-state index in [9.17, 15) is 9.59 Å². The maximum atomic E-state index is 12.2. The number of nitrogens with zero attached hydrogens (tertiary/aromatic N) is 1. The maximum Gasteiger partial charge on any atom is 0.337 e. The second-order valence-corrected chi connectivity index (χ2v) is 4.90. The van der Waals surface area contributed by atoms with E-state index in [2.05, 4.69) is 10.3 Å². The van der Waals surface area contributed by atoms with Gasteiger partial charge in [-0.2, -0.15) is 0 Å². The van der Waals surface area contributed by atoms with Crippen LogP contribution in [0.5, 0.6) is 0 Å². The van der Waals surface area contributed by atoms with Crippen molar-refractivity contribution < 1.29 is 14.7 Å². The largest absolute Gasteiger partial charge is 0.478 e. The number of carbonyl (C=O) groups excluding carboxylic acids is 1. The van der Waals surface area contributed by atoms with Crippen molar-refractivity contribution in [2.75, 3.05) is 5.32 Å². The fraction of sp³-hybridized carbons (Fsp3) is 0.500. The molecule has 0 aliphatic heterocycles. The second-order valence-electron chi connectivity index (χ2n) is 4.90. The van der Waals surface area contributed by atoms with Gasteiger partial charge in [-0.3, -0.25) is 9.78 Å². The van der Waals surface area contributed by atoms with E-state index in [4.69, 9.17) is 5.11 Å². The van der Waals surface area contributed by atoms with Crippen LogP contribution in [0, 0.1) is 5.92 Å². The molecule has 0 unspecified atom stereocenters. The van der Waals surface area contributed by atoms with Gasteiger partial charge in [0, 0.05) is 12.1 Å². The molecular weight excluding hydrogens is 244 g/mol. The minimum atomic E-state index is -1.06. The van der Waals surface area contributed by atoms with Crippen molar-refractivity contribution in [3.8, 4) is 0 Å². The number of carbonyl (C=O) groups is 2. The molecule has 2 rings (SSSR count). The molecule has 1 aliphatic carbocycles. The monoisotopic (exact) mass is 262 g/mol. The van der Waals surface area contributed by atoms with Crippen molar-refractivity contribution in [1.29, 1.82) is 0 Å². The average molecular weight is 262 g/mol. The quantitative estimate of drug-likeness (QED) is 0.821. The molecule has 1 fully saturated rings. The fourth-order valence-corrected chi connectivity index (χ4v) is 2.46. The summed E-state index contributed by atoms with van der Waals surface area (Å²) in [5, 5.41) is 11.8. The predicted molar refractivity (Wildman–Crippen MR) is 71.0 cm³/mol. The van der Waals surface area contributed by atoms with E-state index in [1.807, 2.05) is 0 Å². The topological polar surface area (TPSA) is 79.3 Å². The van der Waals surface area contributed by atoms with Crippen molar-refractivity contribution in [3.63, 3.8) is 0 Å². The molecule has 2 N–H and O–H groups in total. The normalized spacial score (nSPS) is 16.6. The van der Waals surface area contributed by atoms with Crippen molar-refractivity contribution in [2.24, 2.45) is 5.92 Å². The van der Waals surface area contributed by atoms with Gasteiger partial charge in [-0.15, -0.1) is 0 Å². The van der Waals surface area contributed by atoms with Crippen molar-refractivity contribution in [1.82, 2.24) is 4.98 Å². The standard InChI is InChI=1S/C14H18N2O3/c17-13(10-5-3-1-2-4-6-10)16-12-9-15-8-7-11(12)14(18)19/h7-10H,1-6H2,(H,16,17)(H,18,19). The van der Waals surface area contributed by atoms with E-state index in [0.29, 0.717) is 0 Å². The summed E-state index contributed by atoms with van der Waals surface area (Å²) in [5.74, 6) is -1.15. The molecule has 1 aromatic heterocycles. The van der Waals surface area contributed by atoms with Crippen LogP contribution in [0.15, 0.2) is 18.5 Å². The lowest BCUT2D eigenvalue weighted by Crippen LogP contribution is -2.23. The molecule has 5 nitrogen and oxygen atoms in total. The zero-order valence-corrected chi connectivity index (χ0v) is 10.8. The average Bonchev–Trinajstić information content (AvgIpc) is 2.68. The number of rotatable bonds is 3. The maximum absolute atomic E-state index is 12.2. The second kappa shape index (κ2) is 6.31. The van der Waals surface area contributed by atoms with E-state index in [1.54, 1.807) is 0 Å². The van der Waals surface area contributed by atoms with Crippen LogP contribution in [0.25, 0.3) is 0 Å². The third-order valence-electron chi connectivity index (χ3n) is 3.54. The Morgan fingerprint density at radius 2 is 1.89 bits per heavy atom. The molecule has 0 atom stereocenters. The van der Waals surface area contributed by atoms with Crippen LogP contribution >= 0.6 is 0 Å². The lowest BCUT2D eigenvalue weighted by atomic mass is 9.99. The van der Waals surface area contributed by atoms with Gasteiger partial charge < -0.3 is 10.4 Å². The molecule has 0 saturated heterocycles. The first-order valence-electron chi connectivity index (χ1n) is 6.66. The zero-order chi connectivity index (χ0) is 13.7. The van der Waals surface area contributed by atoms with Gasteiger partial charge in [0.1, 0.15) is 0 Å². The van der Waals surface area contributed by atoms with E-state index in [1.165, 1.54) is 31.3 Å². The fourth-order valence-electron chi connectivity index (χ4n) is 2.46. The van der Waals surface area contributed by atoms with Gasteiger partial charge in [0.2, 0.25) is 5.91 Å². The first-order valence-corrected chi connectivity index (χ1v) is 6.66. The van der Waals surface area contributed by atoms with Crippen molar-refractivity contribution in [3.05, 3.63) is 24.0 Å². The minimum absolute atomic E-state index is 0.00986. The van der Waals surface area contributed by atoms with Crippen LogP contribution in [0.4, 0.5) is 5.69 Å². The molecular formula is C14H18N2O3. The summed E-state index contributed by atoms with van der Waals surface area (Å²) in [4.78, 5) is 27.1. The van der Waals surface area contributed by atoms with Crippen LogP contribution in [-0.4, -0.2) is 22.0 Å². The summed E-state index contributed by atoms with van der Waals surface area (Å²) < 4.78 is 0. The highest BCUT2D eigenvalue weighted by atomic mass is 16.4. The molecule has 0 aromatic carbocycles. The zero-order valence-electron chi connectivity index (χ0n) is 10.8.